The Balaban J connectivity index is 1.85. The van der Waals surface area contributed by atoms with Gasteiger partial charge in [-0.05, 0) is 36.8 Å². The van der Waals surface area contributed by atoms with Gasteiger partial charge in [0.25, 0.3) is 0 Å². The van der Waals surface area contributed by atoms with Crippen LogP contribution in [-0.4, -0.2) is 16.1 Å². The molecule has 0 aliphatic rings. The van der Waals surface area contributed by atoms with Crippen molar-refractivity contribution in [3.63, 3.8) is 0 Å². The Morgan fingerprint density at radius 1 is 1.35 bits per heavy atom. The largest absolute Gasteiger partial charge is 0.351 e. The SMILES string of the molecule is C[C@H](Sc1ccccn1)C(=O)NCc1cccc(Cl)c1. The van der Waals surface area contributed by atoms with Crippen LogP contribution in [0.1, 0.15) is 12.5 Å². The van der Waals surface area contributed by atoms with Crippen molar-refractivity contribution in [3.8, 4) is 0 Å². The average Bonchev–Trinajstić information content (AvgIpc) is 2.46. The van der Waals surface area contributed by atoms with Gasteiger partial charge in [0.2, 0.25) is 5.91 Å². The lowest BCUT2D eigenvalue weighted by Gasteiger charge is -2.11. The van der Waals surface area contributed by atoms with Gasteiger partial charge in [-0.3, -0.25) is 4.79 Å². The smallest absolute Gasteiger partial charge is 0.233 e. The van der Waals surface area contributed by atoms with E-state index in [2.05, 4.69) is 10.3 Å². The zero-order chi connectivity index (χ0) is 14.4. The molecule has 0 radical (unpaired) electrons. The van der Waals surface area contributed by atoms with E-state index in [0.29, 0.717) is 11.6 Å². The van der Waals surface area contributed by atoms with Crippen molar-refractivity contribution in [1.82, 2.24) is 10.3 Å². The lowest BCUT2D eigenvalue weighted by molar-refractivity contribution is -0.120. The van der Waals surface area contributed by atoms with Gasteiger partial charge in [-0.15, -0.1) is 0 Å². The van der Waals surface area contributed by atoms with Crippen LogP contribution >= 0.6 is 23.4 Å². The van der Waals surface area contributed by atoms with Gasteiger partial charge < -0.3 is 5.32 Å². The molecule has 0 unspecified atom stereocenters. The fourth-order valence-corrected chi connectivity index (χ4v) is 2.68. The van der Waals surface area contributed by atoms with E-state index in [0.717, 1.165) is 10.6 Å². The van der Waals surface area contributed by atoms with E-state index in [-0.39, 0.29) is 11.2 Å². The predicted molar refractivity (Wildman–Crippen MR) is 82.9 cm³/mol. The maximum absolute atomic E-state index is 12.0. The van der Waals surface area contributed by atoms with Crippen LogP contribution in [0.3, 0.4) is 0 Å². The molecule has 0 aliphatic carbocycles. The van der Waals surface area contributed by atoms with Crippen LogP contribution in [0.2, 0.25) is 5.02 Å². The normalized spacial score (nSPS) is 11.9. The van der Waals surface area contributed by atoms with Gasteiger partial charge in [-0.25, -0.2) is 4.98 Å². The summed E-state index contributed by atoms with van der Waals surface area (Å²) in [4.78, 5) is 16.2. The zero-order valence-electron chi connectivity index (χ0n) is 11.0. The van der Waals surface area contributed by atoms with Crippen LogP contribution in [-0.2, 0) is 11.3 Å². The lowest BCUT2D eigenvalue weighted by Crippen LogP contribution is -2.30. The van der Waals surface area contributed by atoms with Gasteiger partial charge in [-0.2, -0.15) is 0 Å². The summed E-state index contributed by atoms with van der Waals surface area (Å²) in [7, 11) is 0. The third kappa shape index (κ3) is 4.54. The van der Waals surface area contributed by atoms with Crippen molar-refractivity contribution < 1.29 is 4.79 Å². The second-order valence-electron chi connectivity index (χ2n) is 4.28. The van der Waals surface area contributed by atoms with E-state index in [1.807, 2.05) is 49.4 Å². The first-order chi connectivity index (χ1) is 9.65. The van der Waals surface area contributed by atoms with E-state index >= 15 is 0 Å². The second kappa shape index (κ2) is 7.31. The molecule has 0 aliphatic heterocycles. The second-order valence-corrected chi connectivity index (χ2v) is 6.07. The van der Waals surface area contributed by atoms with Gasteiger partial charge in [0, 0.05) is 17.8 Å². The molecule has 0 fully saturated rings. The van der Waals surface area contributed by atoms with Crippen LogP contribution in [0.25, 0.3) is 0 Å². The number of carbonyl (C=O) groups is 1. The molecule has 1 N–H and O–H groups in total. The highest BCUT2D eigenvalue weighted by Crippen LogP contribution is 2.20. The van der Waals surface area contributed by atoms with Crippen LogP contribution in [0.4, 0.5) is 0 Å². The molecule has 20 heavy (non-hydrogen) atoms. The molecule has 5 heteroatoms. The number of pyridine rings is 1. The Morgan fingerprint density at radius 3 is 2.90 bits per heavy atom. The number of nitrogens with one attached hydrogen (secondary N) is 1. The minimum atomic E-state index is -0.191. The van der Waals surface area contributed by atoms with Crippen molar-refractivity contribution in [3.05, 3.63) is 59.2 Å². The maximum Gasteiger partial charge on any atom is 0.233 e. The minimum absolute atomic E-state index is 0.0133. The molecule has 2 aromatic rings. The molecule has 0 bridgehead atoms. The molecule has 1 atom stereocenters. The van der Waals surface area contributed by atoms with Crippen molar-refractivity contribution in [2.75, 3.05) is 0 Å². The first kappa shape index (κ1) is 14.9. The molecule has 0 spiro atoms. The van der Waals surface area contributed by atoms with E-state index in [4.69, 9.17) is 11.6 Å². The number of hydrogen-bond donors (Lipinski definition) is 1. The average molecular weight is 307 g/mol. The summed E-state index contributed by atoms with van der Waals surface area (Å²) in [6.45, 7) is 2.35. The number of benzene rings is 1. The summed E-state index contributed by atoms with van der Waals surface area (Å²) in [5.41, 5.74) is 0.987. The van der Waals surface area contributed by atoms with E-state index < -0.39 is 0 Å². The number of hydrogen-bond acceptors (Lipinski definition) is 3. The molecular weight excluding hydrogens is 292 g/mol. The molecule has 104 valence electrons. The first-order valence-electron chi connectivity index (χ1n) is 6.25. The summed E-state index contributed by atoms with van der Waals surface area (Å²) in [5.74, 6) is -0.0133. The zero-order valence-corrected chi connectivity index (χ0v) is 12.6. The van der Waals surface area contributed by atoms with E-state index in [9.17, 15) is 4.79 Å². The van der Waals surface area contributed by atoms with Gasteiger partial charge >= 0.3 is 0 Å². The summed E-state index contributed by atoms with van der Waals surface area (Å²) >= 11 is 7.35. The molecule has 1 heterocycles. The Kier molecular flexibility index (Phi) is 5.44. The highest BCUT2D eigenvalue weighted by molar-refractivity contribution is 8.00. The highest BCUT2D eigenvalue weighted by atomic mass is 35.5. The van der Waals surface area contributed by atoms with Crippen molar-refractivity contribution in [1.29, 1.82) is 0 Å². The number of rotatable bonds is 5. The summed E-state index contributed by atoms with van der Waals surface area (Å²) < 4.78 is 0. The number of carbonyl (C=O) groups excluding carboxylic acids is 1. The molecule has 2 rings (SSSR count). The van der Waals surface area contributed by atoms with Crippen LogP contribution in [0.5, 0.6) is 0 Å². The Bertz CT molecular complexity index is 577. The fraction of sp³-hybridized carbons (Fsp3) is 0.200. The molecule has 0 saturated carbocycles. The first-order valence-corrected chi connectivity index (χ1v) is 7.51. The third-order valence-corrected chi connectivity index (χ3v) is 3.95. The van der Waals surface area contributed by atoms with Crippen LogP contribution < -0.4 is 5.32 Å². The van der Waals surface area contributed by atoms with E-state index in [1.54, 1.807) is 6.20 Å². The van der Waals surface area contributed by atoms with E-state index in [1.165, 1.54) is 11.8 Å². The standard InChI is InChI=1S/C15H15ClN2OS/c1-11(20-14-7-2-3-8-17-14)15(19)18-10-12-5-4-6-13(16)9-12/h2-9,11H,10H2,1H3,(H,18,19)/t11-/m0/s1. The number of amides is 1. The van der Waals surface area contributed by atoms with Gasteiger partial charge in [0.1, 0.15) is 0 Å². The summed E-state index contributed by atoms with van der Waals surface area (Å²) in [5, 5.41) is 4.23. The summed E-state index contributed by atoms with van der Waals surface area (Å²) in [6.07, 6.45) is 1.72. The molecule has 1 aromatic heterocycles. The van der Waals surface area contributed by atoms with Crippen LogP contribution in [0, 0.1) is 0 Å². The Hall–Kier alpha value is -1.52. The molecular formula is C15H15ClN2OS. The third-order valence-electron chi connectivity index (χ3n) is 2.66. The maximum atomic E-state index is 12.0. The molecule has 1 aromatic carbocycles. The minimum Gasteiger partial charge on any atom is -0.351 e. The topological polar surface area (TPSA) is 42.0 Å². The number of nitrogens with zero attached hydrogens (tertiary/aromatic N) is 1. The van der Waals surface area contributed by atoms with Gasteiger partial charge in [0.15, 0.2) is 0 Å². The van der Waals surface area contributed by atoms with Crippen molar-refractivity contribution in [2.24, 2.45) is 0 Å². The highest BCUT2D eigenvalue weighted by Gasteiger charge is 2.14. The molecule has 1 amide bonds. The van der Waals surface area contributed by atoms with Crippen LogP contribution in [0.15, 0.2) is 53.7 Å². The van der Waals surface area contributed by atoms with Crippen molar-refractivity contribution >= 4 is 29.3 Å². The summed E-state index contributed by atoms with van der Waals surface area (Å²) in [6, 6.07) is 13.1. The Morgan fingerprint density at radius 2 is 2.20 bits per heavy atom. The lowest BCUT2D eigenvalue weighted by atomic mass is 10.2. The predicted octanol–water partition coefficient (Wildman–Crippen LogP) is 3.53. The molecule has 3 nitrogen and oxygen atoms in total. The fourth-order valence-electron chi connectivity index (χ4n) is 1.63. The number of thioether (sulfide) groups is 1. The van der Waals surface area contributed by atoms with Gasteiger partial charge in [0.05, 0.1) is 10.3 Å². The monoisotopic (exact) mass is 306 g/mol. The quantitative estimate of drug-likeness (QED) is 0.859. The van der Waals surface area contributed by atoms with Gasteiger partial charge in [-0.1, -0.05) is 41.6 Å². The number of halogens is 1. The van der Waals surface area contributed by atoms with Crippen molar-refractivity contribution in [2.45, 2.75) is 23.7 Å². The number of aromatic nitrogens is 1. The molecule has 0 saturated heterocycles. The Labute approximate surface area is 127 Å².